The SMILES string of the molecule is CC1CC(Nc2cnn(CC3CC3)c(=O)c2Br)CCN1C. The fourth-order valence-corrected chi connectivity index (χ4v) is 3.30. The lowest BCUT2D eigenvalue weighted by Crippen LogP contribution is -2.43. The first-order valence-electron chi connectivity index (χ1n) is 7.77. The van der Waals surface area contributed by atoms with Gasteiger partial charge in [-0.3, -0.25) is 4.79 Å². The maximum atomic E-state index is 12.3. The van der Waals surface area contributed by atoms with Crippen molar-refractivity contribution < 1.29 is 0 Å². The molecule has 5 nitrogen and oxygen atoms in total. The smallest absolute Gasteiger partial charge is 0.283 e. The average molecular weight is 355 g/mol. The van der Waals surface area contributed by atoms with Crippen molar-refractivity contribution in [3.8, 4) is 0 Å². The van der Waals surface area contributed by atoms with Crippen LogP contribution in [0.4, 0.5) is 5.69 Å². The summed E-state index contributed by atoms with van der Waals surface area (Å²) >= 11 is 3.45. The largest absolute Gasteiger partial charge is 0.380 e. The molecule has 1 saturated carbocycles. The van der Waals surface area contributed by atoms with E-state index in [1.165, 1.54) is 12.8 Å². The van der Waals surface area contributed by atoms with Gasteiger partial charge >= 0.3 is 0 Å². The molecule has 0 bridgehead atoms. The zero-order valence-electron chi connectivity index (χ0n) is 12.7. The molecule has 3 rings (SSSR count). The van der Waals surface area contributed by atoms with Crippen molar-refractivity contribution in [1.82, 2.24) is 14.7 Å². The van der Waals surface area contributed by atoms with Crippen LogP contribution in [0.1, 0.15) is 32.6 Å². The van der Waals surface area contributed by atoms with E-state index in [0.29, 0.717) is 22.5 Å². The van der Waals surface area contributed by atoms with Crippen molar-refractivity contribution in [2.75, 3.05) is 18.9 Å². The van der Waals surface area contributed by atoms with Crippen LogP contribution in [-0.2, 0) is 6.54 Å². The zero-order valence-corrected chi connectivity index (χ0v) is 14.3. The van der Waals surface area contributed by atoms with Crippen molar-refractivity contribution in [1.29, 1.82) is 0 Å². The molecule has 2 atom stereocenters. The third-order valence-electron chi connectivity index (χ3n) is 4.68. The third-order valence-corrected chi connectivity index (χ3v) is 5.45. The predicted molar refractivity (Wildman–Crippen MR) is 87.7 cm³/mol. The molecule has 116 valence electrons. The van der Waals surface area contributed by atoms with E-state index < -0.39 is 0 Å². The number of aromatic nitrogens is 2. The topological polar surface area (TPSA) is 50.2 Å². The van der Waals surface area contributed by atoms with Crippen molar-refractivity contribution in [3.05, 3.63) is 21.0 Å². The second-order valence-corrected chi connectivity index (χ2v) is 7.29. The van der Waals surface area contributed by atoms with Gasteiger partial charge in [0.05, 0.1) is 11.9 Å². The van der Waals surface area contributed by atoms with E-state index in [1.54, 1.807) is 10.9 Å². The van der Waals surface area contributed by atoms with E-state index >= 15 is 0 Å². The van der Waals surface area contributed by atoms with Gasteiger partial charge in [0.1, 0.15) is 4.47 Å². The highest BCUT2D eigenvalue weighted by molar-refractivity contribution is 9.10. The Morgan fingerprint density at radius 1 is 1.43 bits per heavy atom. The Bertz CT molecular complexity index is 569. The molecule has 1 aromatic rings. The number of hydrogen-bond acceptors (Lipinski definition) is 4. The summed E-state index contributed by atoms with van der Waals surface area (Å²) < 4.78 is 2.20. The number of halogens is 1. The summed E-state index contributed by atoms with van der Waals surface area (Å²) in [6, 6.07) is 0.978. The number of likely N-dealkylation sites (tertiary alicyclic amines) is 1. The lowest BCUT2D eigenvalue weighted by molar-refractivity contribution is 0.190. The van der Waals surface area contributed by atoms with Crippen molar-refractivity contribution in [2.24, 2.45) is 5.92 Å². The minimum Gasteiger partial charge on any atom is -0.380 e. The minimum absolute atomic E-state index is 0.0205. The maximum absolute atomic E-state index is 12.3. The molecule has 6 heteroatoms. The van der Waals surface area contributed by atoms with Crippen LogP contribution < -0.4 is 10.9 Å². The first kappa shape index (κ1) is 15.0. The minimum atomic E-state index is -0.0205. The summed E-state index contributed by atoms with van der Waals surface area (Å²) in [5.74, 6) is 0.649. The van der Waals surface area contributed by atoms with Gasteiger partial charge in [-0.15, -0.1) is 0 Å². The van der Waals surface area contributed by atoms with Crippen LogP contribution in [0.15, 0.2) is 15.5 Å². The Morgan fingerprint density at radius 2 is 2.19 bits per heavy atom. The summed E-state index contributed by atoms with van der Waals surface area (Å²) in [5.41, 5.74) is 0.807. The van der Waals surface area contributed by atoms with Gasteiger partial charge in [-0.05, 0) is 61.5 Å². The molecule has 2 aliphatic rings. The van der Waals surface area contributed by atoms with Crippen molar-refractivity contribution in [2.45, 2.75) is 51.2 Å². The number of nitrogens with zero attached hydrogens (tertiary/aromatic N) is 3. The highest BCUT2D eigenvalue weighted by Gasteiger charge is 2.25. The second kappa shape index (κ2) is 6.08. The molecule has 1 N–H and O–H groups in total. The van der Waals surface area contributed by atoms with Gasteiger partial charge in [0.2, 0.25) is 0 Å². The van der Waals surface area contributed by atoms with Gasteiger partial charge < -0.3 is 10.2 Å². The van der Waals surface area contributed by atoms with Gasteiger partial charge in [-0.1, -0.05) is 0 Å². The average Bonchev–Trinajstić information content (AvgIpc) is 3.26. The number of nitrogens with one attached hydrogen (secondary N) is 1. The van der Waals surface area contributed by atoms with Gasteiger partial charge in [0.15, 0.2) is 0 Å². The first-order chi connectivity index (χ1) is 10.0. The van der Waals surface area contributed by atoms with E-state index in [4.69, 9.17) is 0 Å². The summed E-state index contributed by atoms with van der Waals surface area (Å²) in [5, 5.41) is 7.81. The molecule has 2 heterocycles. The molecule has 0 radical (unpaired) electrons. The van der Waals surface area contributed by atoms with Crippen LogP contribution in [0, 0.1) is 5.92 Å². The van der Waals surface area contributed by atoms with Gasteiger partial charge in [0.25, 0.3) is 5.56 Å². The fraction of sp³-hybridized carbons (Fsp3) is 0.733. The standard InChI is InChI=1S/C15H23BrN4O/c1-10-7-12(5-6-19(10)2)18-13-8-17-20(9-11-3-4-11)15(21)14(13)16/h8,10-12,18H,3-7,9H2,1-2H3. The summed E-state index contributed by atoms with van der Waals surface area (Å²) in [6.07, 6.45) is 6.42. The van der Waals surface area contributed by atoms with E-state index in [1.807, 2.05) is 0 Å². The fourth-order valence-electron chi connectivity index (χ4n) is 2.88. The molecule has 0 spiro atoms. The Morgan fingerprint density at radius 3 is 2.86 bits per heavy atom. The number of anilines is 1. The zero-order chi connectivity index (χ0) is 15.0. The van der Waals surface area contributed by atoms with Gasteiger partial charge in [-0.2, -0.15) is 5.10 Å². The molecule has 1 aliphatic carbocycles. The number of rotatable bonds is 4. The molecular weight excluding hydrogens is 332 g/mol. The van der Waals surface area contributed by atoms with Gasteiger partial charge in [-0.25, -0.2) is 4.68 Å². The molecule has 2 unspecified atom stereocenters. The number of hydrogen-bond donors (Lipinski definition) is 1. The summed E-state index contributed by atoms with van der Waals surface area (Å²) in [6.45, 7) is 4.08. The Hall–Kier alpha value is -0.880. The van der Waals surface area contributed by atoms with Gasteiger partial charge in [0, 0.05) is 25.2 Å². The van der Waals surface area contributed by atoms with Crippen LogP contribution >= 0.6 is 15.9 Å². The predicted octanol–water partition coefficient (Wildman–Crippen LogP) is 2.31. The molecule has 1 saturated heterocycles. The molecule has 0 aromatic carbocycles. The van der Waals surface area contributed by atoms with Crippen LogP contribution in [0.3, 0.4) is 0 Å². The molecule has 21 heavy (non-hydrogen) atoms. The lowest BCUT2D eigenvalue weighted by atomic mass is 9.99. The summed E-state index contributed by atoms with van der Waals surface area (Å²) in [4.78, 5) is 14.7. The maximum Gasteiger partial charge on any atom is 0.283 e. The number of piperidine rings is 1. The highest BCUT2D eigenvalue weighted by atomic mass is 79.9. The highest BCUT2D eigenvalue weighted by Crippen LogP contribution is 2.30. The van der Waals surface area contributed by atoms with E-state index in [0.717, 1.165) is 31.6 Å². The van der Waals surface area contributed by atoms with E-state index in [-0.39, 0.29) is 5.56 Å². The van der Waals surface area contributed by atoms with Crippen molar-refractivity contribution >= 4 is 21.6 Å². The molecule has 1 aromatic heterocycles. The van der Waals surface area contributed by atoms with E-state index in [9.17, 15) is 4.79 Å². The van der Waals surface area contributed by atoms with Crippen LogP contribution in [0.5, 0.6) is 0 Å². The molecule has 1 aliphatic heterocycles. The molecular formula is C15H23BrN4O. The summed E-state index contributed by atoms with van der Waals surface area (Å²) in [7, 11) is 2.16. The Kier molecular flexibility index (Phi) is 4.36. The molecule has 2 fully saturated rings. The molecule has 0 amide bonds. The van der Waals surface area contributed by atoms with Crippen molar-refractivity contribution in [3.63, 3.8) is 0 Å². The van der Waals surface area contributed by atoms with E-state index in [2.05, 4.69) is 45.2 Å². The van der Waals surface area contributed by atoms with Crippen LogP contribution in [0.2, 0.25) is 0 Å². The van der Waals surface area contributed by atoms with Crippen LogP contribution in [-0.4, -0.2) is 40.4 Å². The normalized spacial score (nSPS) is 26.8. The monoisotopic (exact) mass is 354 g/mol. The quantitative estimate of drug-likeness (QED) is 0.901. The lowest BCUT2D eigenvalue weighted by Gasteiger charge is -2.35. The Labute approximate surface area is 133 Å². The third kappa shape index (κ3) is 3.48. The second-order valence-electron chi connectivity index (χ2n) is 6.50. The first-order valence-corrected chi connectivity index (χ1v) is 8.56. The van der Waals surface area contributed by atoms with Crippen LogP contribution in [0.25, 0.3) is 0 Å². The Balaban J connectivity index is 1.70.